The summed E-state index contributed by atoms with van der Waals surface area (Å²) in [6, 6.07) is 17.0. The number of hydrogen-bond acceptors (Lipinski definition) is 2. The number of urea groups is 1. The van der Waals surface area contributed by atoms with Gasteiger partial charge in [0.15, 0.2) is 0 Å². The number of imide groups is 1. The fraction of sp³-hybridized carbons (Fsp3) is 0.273. The number of nitrogens with one attached hydrogen (secondary N) is 1. The molecule has 5 heteroatoms. The van der Waals surface area contributed by atoms with Crippen LogP contribution in [0.5, 0.6) is 0 Å². The van der Waals surface area contributed by atoms with Gasteiger partial charge in [-0.3, -0.25) is 14.6 Å². The van der Waals surface area contributed by atoms with Gasteiger partial charge in [0.25, 0.3) is 5.91 Å². The Balaban J connectivity index is 1.75. The summed E-state index contributed by atoms with van der Waals surface area (Å²) in [5.74, 6) is -0.0909. The highest BCUT2D eigenvalue weighted by atomic mass is 16.2. The Labute approximate surface area is 157 Å². The third kappa shape index (κ3) is 2.17. The molecule has 0 bridgehead atoms. The van der Waals surface area contributed by atoms with Gasteiger partial charge < -0.3 is 4.98 Å². The molecular formula is C22H21N3O2. The molecule has 5 rings (SSSR count). The Morgan fingerprint density at radius 1 is 1.00 bits per heavy atom. The second kappa shape index (κ2) is 5.71. The topological polar surface area (TPSA) is 56.4 Å². The van der Waals surface area contributed by atoms with Crippen LogP contribution in [-0.4, -0.2) is 38.8 Å². The zero-order valence-electron chi connectivity index (χ0n) is 15.3. The van der Waals surface area contributed by atoms with E-state index in [0.29, 0.717) is 6.42 Å². The van der Waals surface area contributed by atoms with Crippen LogP contribution in [0.4, 0.5) is 4.79 Å². The van der Waals surface area contributed by atoms with Crippen molar-refractivity contribution in [2.45, 2.75) is 38.4 Å². The highest BCUT2D eigenvalue weighted by molar-refractivity contribution is 6.06. The van der Waals surface area contributed by atoms with Crippen molar-refractivity contribution in [3.05, 3.63) is 71.4 Å². The van der Waals surface area contributed by atoms with Crippen molar-refractivity contribution < 1.29 is 9.59 Å². The van der Waals surface area contributed by atoms with Gasteiger partial charge in [-0.05, 0) is 31.0 Å². The third-order valence-corrected chi connectivity index (χ3v) is 5.71. The van der Waals surface area contributed by atoms with Gasteiger partial charge in [-0.2, -0.15) is 0 Å². The fourth-order valence-electron chi connectivity index (χ4n) is 4.55. The molecule has 3 heterocycles. The van der Waals surface area contributed by atoms with E-state index < -0.39 is 6.04 Å². The van der Waals surface area contributed by atoms with Crippen molar-refractivity contribution in [1.29, 1.82) is 0 Å². The number of H-pyrrole nitrogens is 1. The average Bonchev–Trinajstić information content (AvgIpc) is 3.16. The van der Waals surface area contributed by atoms with Gasteiger partial charge in [0.1, 0.15) is 12.1 Å². The molecule has 2 aromatic carbocycles. The molecule has 5 nitrogen and oxygen atoms in total. The number of amides is 3. The second-order valence-electron chi connectivity index (χ2n) is 7.59. The van der Waals surface area contributed by atoms with Crippen molar-refractivity contribution in [3.8, 4) is 0 Å². The third-order valence-electron chi connectivity index (χ3n) is 5.71. The summed E-state index contributed by atoms with van der Waals surface area (Å²) in [4.78, 5) is 33.0. The molecule has 3 amide bonds. The molecule has 3 aromatic rings. The normalized spacial score (nSPS) is 21.9. The molecular weight excluding hydrogens is 338 g/mol. The largest absolute Gasteiger partial charge is 0.356 e. The molecule has 27 heavy (non-hydrogen) atoms. The van der Waals surface area contributed by atoms with Crippen molar-refractivity contribution in [2.75, 3.05) is 0 Å². The lowest BCUT2D eigenvalue weighted by molar-refractivity contribution is -0.129. The molecule has 0 aliphatic carbocycles. The number of hydrogen-bond donors (Lipinski definition) is 1. The van der Waals surface area contributed by atoms with Crippen LogP contribution >= 0.6 is 0 Å². The first-order valence-electron chi connectivity index (χ1n) is 9.37. The van der Waals surface area contributed by atoms with E-state index in [1.807, 2.05) is 62.4 Å². The Morgan fingerprint density at radius 2 is 1.70 bits per heavy atom. The number of aromatic amines is 1. The molecule has 2 aliphatic rings. The van der Waals surface area contributed by atoms with E-state index in [0.717, 1.165) is 27.7 Å². The van der Waals surface area contributed by atoms with Gasteiger partial charge in [0, 0.05) is 29.1 Å². The van der Waals surface area contributed by atoms with E-state index in [1.165, 1.54) is 4.90 Å². The van der Waals surface area contributed by atoms with E-state index in [4.69, 9.17) is 0 Å². The second-order valence-corrected chi connectivity index (χ2v) is 7.59. The van der Waals surface area contributed by atoms with E-state index in [2.05, 4.69) is 11.1 Å². The van der Waals surface area contributed by atoms with E-state index in [9.17, 15) is 9.59 Å². The number of carbonyl (C=O) groups excluding carboxylic acids is 2. The summed E-state index contributed by atoms with van der Waals surface area (Å²) >= 11 is 0. The quantitative estimate of drug-likeness (QED) is 0.707. The van der Waals surface area contributed by atoms with Crippen molar-refractivity contribution in [1.82, 2.24) is 14.8 Å². The van der Waals surface area contributed by atoms with Crippen LogP contribution in [0.25, 0.3) is 10.9 Å². The van der Waals surface area contributed by atoms with Crippen LogP contribution in [0.15, 0.2) is 54.6 Å². The summed E-state index contributed by atoms with van der Waals surface area (Å²) in [7, 11) is 0. The van der Waals surface area contributed by atoms with Gasteiger partial charge in [0.2, 0.25) is 0 Å². The lowest BCUT2D eigenvalue weighted by Crippen LogP contribution is -2.44. The smallest absolute Gasteiger partial charge is 0.328 e. The molecule has 2 atom stereocenters. The first kappa shape index (κ1) is 16.1. The molecule has 1 fully saturated rings. The zero-order chi connectivity index (χ0) is 18.7. The fourth-order valence-corrected chi connectivity index (χ4v) is 4.55. The minimum atomic E-state index is -0.447. The SMILES string of the molecule is CC(C)N1C(=O)C2Cc3c([nH]c4ccccc34)C(c3ccccc3)N2C1=O. The Bertz CT molecular complexity index is 1050. The predicted molar refractivity (Wildman–Crippen MR) is 103 cm³/mol. The van der Waals surface area contributed by atoms with Crippen LogP contribution in [0.2, 0.25) is 0 Å². The van der Waals surface area contributed by atoms with Gasteiger partial charge >= 0.3 is 6.03 Å². The Hall–Kier alpha value is -3.08. The molecule has 1 saturated heterocycles. The summed E-state index contributed by atoms with van der Waals surface area (Å²) in [5.41, 5.74) is 4.23. The standard InChI is InChI=1S/C22H21N3O2/c1-13(2)24-21(26)18-12-16-15-10-6-7-11-17(15)23-19(16)20(25(18)22(24)27)14-8-4-3-5-9-14/h3-11,13,18,20,23H,12H2,1-2H3. The lowest BCUT2D eigenvalue weighted by Gasteiger charge is -2.36. The number of carbonyl (C=O) groups is 2. The first-order chi connectivity index (χ1) is 13.1. The molecule has 136 valence electrons. The Morgan fingerprint density at radius 3 is 2.44 bits per heavy atom. The summed E-state index contributed by atoms with van der Waals surface area (Å²) < 4.78 is 0. The van der Waals surface area contributed by atoms with E-state index in [1.54, 1.807) is 4.90 Å². The zero-order valence-corrected chi connectivity index (χ0v) is 15.3. The Kier molecular flexibility index (Phi) is 3.41. The highest BCUT2D eigenvalue weighted by Crippen LogP contribution is 2.44. The van der Waals surface area contributed by atoms with Crippen LogP contribution < -0.4 is 0 Å². The maximum Gasteiger partial charge on any atom is 0.328 e. The van der Waals surface area contributed by atoms with Crippen molar-refractivity contribution in [2.24, 2.45) is 0 Å². The van der Waals surface area contributed by atoms with Crippen molar-refractivity contribution >= 4 is 22.8 Å². The molecule has 0 spiro atoms. The highest BCUT2D eigenvalue weighted by Gasteiger charge is 2.53. The monoisotopic (exact) mass is 359 g/mol. The molecule has 1 aromatic heterocycles. The predicted octanol–water partition coefficient (Wildman–Crippen LogP) is 3.85. The summed E-state index contributed by atoms with van der Waals surface area (Å²) in [5, 5.41) is 1.14. The average molecular weight is 359 g/mol. The van der Waals surface area contributed by atoms with Crippen LogP contribution in [0.3, 0.4) is 0 Å². The first-order valence-corrected chi connectivity index (χ1v) is 9.37. The van der Waals surface area contributed by atoms with Gasteiger partial charge in [-0.25, -0.2) is 4.79 Å². The number of benzene rings is 2. The lowest BCUT2D eigenvalue weighted by atomic mass is 9.89. The van der Waals surface area contributed by atoms with Crippen LogP contribution in [-0.2, 0) is 11.2 Å². The number of nitrogens with zero attached hydrogens (tertiary/aromatic N) is 2. The molecule has 0 radical (unpaired) electrons. The number of fused-ring (bicyclic) bond motifs is 4. The van der Waals surface area contributed by atoms with E-state index in [-0.39, 0.29) is 24.0 Å². The van der Waals surface area contributed by atoms with Crippen LogP contribution in [0.1, 0.15) is 36.7 Å². The van der Waals surface area contributed by atoms with E-state index >= 15 is 0 Å². The van der Waals surface area contributed by atoms with Gasteiger partial charge in [-0.1, -0.05) is 48.5 Å². The maximum absolute atomic E-state index is 13.2. The molecule has 1 N–H and O–H groups in total. The molecule has 0 saturated carbocycles. The van der Waals surface area contributed by atoms with Crippen LogP contribution in [0, 0.1) is 0 Å². The van der Waals surface area contributed by atoms with Crippen molar-refractivity contribution in [3.63, 3.8) is 0 Å². The summed E-state index contributed by atoms with van der Waals surface area (Å²) in [6.07, 6.45) is 0.552. The van der Waals surface area contributed by atoms with Gasteiger partial charge in [0.05, 0.1) is 0 Å². The van der Waals surface area contributed by atoms with Gasteiger partial charge in [-0.15, -0.1) is 0 Å². The number of para-hydroxylation sites is 1. The maximum atomic E-state index is 13.2. The number of aromatic nitrogens is 1. The minimum Gasteiger partial charge on any atom is -0.356 e. The molecule has 2 unspecified atom stereocenters. The minimum absolute atomic E-state index is 0.0909. The molecule has 2 aliphatic heterocycles. The number of rotatable bonds is 2. The summed E-state index contributed by atoms with van der Waals surface area (Å²) in [6.45, 7) is 3.78.